The molecule has 6 rings (SSSR count). The number of nitrogens with zero attached hydrogens (tertiary/aromatic N) is 2. The fourth-order valence-corrected chi connectivity index (χ4v) is 6.45. The van der Waals surface area contributed by atoms with Crippen molar-refractivity contribution in [3.63, 3.8) is 0 Å². The van der Waals surface area contributed by atoms with Gasteiger partial charge in [0.05, 0.1) is 29.0 Å². The molecule has 0 saturated heterocycles. The second-order valence-electron chi connectivity index (χ2n) is 10.4. The number of esters is 1. The molecule has 8 heteroatoms. The largest absolute Gasteiger partial charge is 0.458 e. The van der Waals surface area contributed by atoms with Crippen LogP contribution in [0.3, 0.4) is 0 Å². The van der Waals surface area contributed by atoms with Crippen LogP contribution in [0, 0.1) is 12.7 Å². The van der Waals surface area contributed by atoms with E-state index >= 15 is 0 Å². The van der Waals surface area contributed by atoms with Crippen molar-refractivity contribution in [2.24, 2.45) is 0 Å². The lowest BCUT2D eigenvalue weighted by molar-refractivity contribution is -0.176. The van der Waals surface area contributed by atoms with Gasteiger partial charge in [-0.1, -0.05) is 20.8 Å². The number of benzene rings is 1. The van der Waals surface area contributed by atoms with Gasteiger partial charge in [0.2, 0.25) is 0 Å². The average Bonchev–Trinajstić information content (AvgIpc) is 3.22. The molecule has 0 radical (unpaired) electrons. The maximum Gasteiger partial charge on any atom is 0.343 e. The van der Waals surface area contributed by atoms with Gasteiger partial charge in [-0.2, -0.15) is 0 Å². The second kappa shape index (κ2) is 7.95. The Balaban J connectivity index is 1.68. The van der Waals surface area contributed by atoms with E-state index in [-0.39, 0.29) is 30.1 Å². The highest BCUT2D eigenvalue weighted by Crippen LogP contribution is 2.46. The molecule has 0 amide bonds. The van der Waals surface area contributed by atoms with Crippen LogP contribution in [0.15, 0.2) is 16.9 Å². The van der Waals surface area contributed by atoms with Gasteiger partial charge in [-0.3, -0.25) is 4.79 Å². The van der Waals surface area contributed by atoms with Crippen molar-refractivity contribution < 1.29 is 18.7 Å². The van der Waals surface area contributed by atoms with Crippen molar-refractivity contribution in [2.75, 3.05) is 7.11 Å². The van der Waals surface area contributed by atoms with E-state index in [1.807, 2.05) is 19.9 Å². The van der Waals surface area contributed by atoms with Gasteiger partial charge >= 0.3 is 5.97 Å². The Labute approximate surface area is 208 Å². The summed E-state index contributed by atoms with van der Waals surface area (Å²) in [6.45, 7) is 8.19. The van der Waals surface area contributed by atoms with Crippen LogP contribution in [0.5, 0.6) is 0 Å². The predicted octanol–water partition coefficient (Wildman–Crippen LogP) is 4.17. The third-order valence-corrected chi connectivity index (χ3v) is 8.23. The van der Waals surface area contributed by atoms with Gasteiger partial charge in [0.1, 0.15) is 12.4 Å². The van der Waals surface area contributed by atoms with E-state index in [1.165, 1.54) is 13.2 Å². The zero-order valence-corrected chi connectivity index (χ0v) is 21.3. The van der Waals surface area contributed by atoms with Crippen molar-refractivity contribution in [1.82, 2.24) is 14.9 Å². The number of rotatable bonds is 4. The number of hydrogen-bond donors (Lipinski definition) is 1. The third kappa shape index (κ3) is 2.94. The van der Waals surface area contributed by atoms with Gasteiger partial charge < -0.3 is 19.4 Å². The summed E-state index contributed by atoms with van der Waals surface area (Å²) in [7, 11) is 1.46. The van der Waals surface area contributed by atoms with E-state index in [1.54, 1.807) is 4.57 Å². The molecule has 2 atom stereocenters. The van der Waals surface area contributed by atoms with E-state index in [4.69, 9.17) is 14.5 Å². The SMILES string of the molecule is CC[C@]1(OC)C(=O)OCc2c1cc1n(c2=O)Cc2c-1nc1cc(F)c(C)c3c1c2C(NC(C)C)CC3. The van der Waals surface area contributed by atoms with Crippen LogP contribution in [0.2, 0.25) is 0 Å². The van der Waals surface area contributed by atoms with Crippen molar-refractivity contribution in [3.05, 3.63) is 61.7 Å². The maximum absolute atomic E-state index is 15.0. The molecule has 0 fully saturated rings. The number of pyridine rings is 2. The van der Waals surface area contributed by atoms with Crippen molar-refractivity contribution in [2.45, 2.75) is 77.8 Å². The van der Waals surface area contributed by atoms with Crippen LogP contribution in [-0.4, -0.2) is 28.7 Å². The van der Waals surface area contributed by atoms with Crippen molar-refractivity contribution in [1.29, 1.82) is 0 Å². The molecule has 3 aliphatic rings. The highest BCUT2D eigenvalue weighted by molar-refractivity contribution is 5.93. The Bertz CT molecular complexity index is 1520. The molecule has 2 aromatic heterocycles. The zero-order valence-electron chi connectivity index (χ0n) is 21.3. The number of aromatic nitrogens is 2. The molecular formula is C28H30FN3O4. The smallest absolute Gasteiger partial charge is 0.343 e. The Morgan fingerprint density at radius 2 is 2.06 bits per heavy atom. The van der Waals surface area contributed by atoms with Crippen LogP contribution in [0.25, 0.3) is 22.3 Å². The van der Waals surface area contributed by atoms with Crippen LogP contribution in [0.4, 0.5) is 4.39 Å². The lowest BCUT2D eigenvalue weighted by Gasteiger charge is -2.35. The number of hydrogen-bond acceptors (Lipinski definition) is 6. The Kier molecular flexibility index (Phi) is 5.15. The highest BCUT2D eigenvalue weighted by atomic mass is 19.1. The number of halogens is 1. The van der Waals surface area contributed by atoms with Crippen molar-refractivity contribution >= 4 is 16.9 Å². The molecule has 3 aromatic rings. The number of fused-ring (bicyclic) bond motifs is 5. The topological polar surface area (TPSA) is 82.5 Å². The molecule has 1 aliphatic carbocycles. The molecule has 7 nitrogen and oxygen atoms in total. The number of carbonyl (C=O) groups excluding carboxylic acids is 1. The molecule has 1 unspecified atom stereocenters. The van der Waals surface area contributed by atoms with E-state index in [2.05, 4.69) is 19.2 Å². The van der Waals surface area contributed by atoms with E-state index in [9.17, 15) is 14.0 Å². The summed E-state index contributed by atoms with van der Waals surface area (Å²) < 4.78 is 27.8. The first-order chi connectivity index (χ1) is 17.2. The monoisotopic (exact) mass is 491 g/mol. The molecule has 0 spiro atoms. The van der Waals surface area contributed by atoms with E-state index in [0.29, 0.717) is 46.6 Å². The minimum absolute atomic E-state index is 0.0693. The zero-order chi connectivity index (χ0) is 25.5. The molecule has 36 heavy (non-hydrogen) atoms. The number of ether oxygens (including phenoxy) is 2. The second-order valence-corrected chi connectivity index (χ2v) is 10.4. The molecular weight excluding hydrogens is 461 g/mol. The summed E-state index contributed by atoms with van der Waals surface area (Å²) in [5.74, 6) is -0.758. The van der Waals surface area contributed by atoms with Gasteiger partial charge in [0.25, 0.3) is 5.56 Å². The molecule has 2 aliphatic heterocycles. The maximum atomic E-state index is 15.0. The Hall–Kier alpha value is -3.10. The van der Waals surface area contributed by atoms with Gasteiger partial charge in [-0.05, 0) is 48.9 Å². The Morgan fingerprint density at radius 3 is 2.75 bits per heavy atom. The molecule has 4 heterocycles. The first-order valence-electron chi connectivity index (χ1n) is 12.6. The number of carbonyl (C=O) groups is 1. The summed E-state index contributed by atoms with van der Waals surface area (Å²) in [4.78, 5) is 31.5. The third-order valence-electron chi connectivity index (χ3n) is 8.23. The summed E-state index contributed by atoms with van der Waals surface area (Å²) >= 11 is 0. The molecule has 188 valence electrons. The fraction of sp³-hybridized carbons (Fsp3) is 0.464. The first-order valence-corrected chi connectivity index (χ1v) is 12.6. The van der Waals surface area contributed by atoms with Crippen LogP contribution >= 0.6 is 0 Å². The van der Waals surface area contributed by atoms with Gasteiger partial charge in [-0.25, -0.2) is 14.2 Å². The number of aryl methyl sites for hydroxylation is 1. The first kappa shape index (κ1) is 23.3. The number of cyclic esters (lactones) is 1. The van der Waals surface area contributed by atoms with Crippen molar-refractivity contribution in [3.8, 4) is 11.4 Å². The summed E-state index contributed by atoms with van der Waals surface area (Å²) in [6.07, 6.45) is 1.94. The van der Waals surface area contributed by atoms with E-state index < -0.39 is 11.6 Å². The molecule has 0 saturated carbocycles. The lowest BCUT2D eigenvalue weighted by Crippen LogP contribution is -2.45. The molecule has 0 bridgehead atoms. The summed E-state index contributed by atoms with van der Waals surface area (Å²) in [5.41, 5.74) is 5.10. The minimum Gasteiger partial charge on any atom is -0.458 e. The highest BCUT2D eigenvalue weighted by Gasteiger charge is 2.47. The fourth-order valence-electron chi connectivity index (χ4n) is 6.45. The number of nitrogens with one attached hydrogen (secondary N) is 1. The normalized spacial score (nSPS) is 22.0. The van der Waals surface area contributed by atoms with Gasteiger partial charge in [0, 0.05) is 41.8 Å². The summed E-state index contributed by atoms with van der Waals surface area (Å²) in [5, 5.41) is 4.69. The van der Waals surface area contributed by atoms with Crippen LogP contribution in [0.1, 0.15) is 73.0 Å². The van der Waals surface area contributed by atoms with Gasteiger partial charge in [-0.15, -0.1) is 0 Å². The number of methoxy groups -OCH3 is 1. The van der Waals surface area contributed by atoms with Crippen LogP contribution in [-0.2, 0) is 39.4 Å². The average molecular weight is 492 g/mol. The summed E-state index contributed by atoms with van der Waals surface area (Å²) in [6, 6.07) is 3.70. The predicted molar refractivity (Wildman–Crippen MR) is 133 cm³/mol. The van der Waals surface area contributed by atoms with E-state index in [0.717, 1.165) is 34.9 Å². The Morgan fingerprint density at radius 1 is 1.28 bits per heavy atom. The minimum atomic E-state index is -1.34. The van der Waals surface area contributed by atoms with Gasteiger partial charge in [0.15, 0.2) is 5.60 Å². The quantitative estimate of drug-likeness (QED) is 0.432. The lowest BCUT2D eigenvalue weighted by atomic mass is 9.81. The van der Waals surface area contributed by atoms with Crippen LogP contribution < -0.4 is 10.9 Å². The molecule has 1 aromatic carbocycles. The molecule has 1 N–H and O–H groups in total. The standard InChI is InChI=1S/C28H30FN3O4/c1-6-28(35-5)18-9-22-25-16(11-32(22)26(33)17(18)12-36-27(28)34)24-20(30-13(2)3)8-7-15-14(4)19(29)10-21(31-25)23(15)24/h9-10,13,20,30H,6-8,11-12H2,1-5H3/t20?,28-/m1/s1.